The van der Waals surface area contributed by atoms with Crippen molar-refractivity contribution < 1.29 is 23.9 Å². The van der Waals surface area contributed by atoms with Crippen LogP contribution in [-0.2, 0) is 14.4 Å². The minimum Gasteiger partial charge on any atom is -0.480 e. The predicted octanol–water partition coefficient (Wildman–Crippen LogP) is 1.95. The first-order chi connectivity index (χ1) is 12.0. The van der Waals surface area contributed by atoms with Gasteiger partial charge in [0.15, 0.2) is 0 Å². The first-order valence-electron chi connectivity index (χ1n) is 8.54. The predicted molar refractivity (Wildman–Crippen MR) is 87.1 cm³/mol. The van der Waals surface area contributed by atoms with Crippen molar-refractivity contribution in [1.29, 1.82) is 0 Å². The zero-order valence-electron chi connectivity index (χ0n) is 13.9. The fraction of sp³-hybridized carbons (Fsp3) is 0.500. The summed E-state index contributed by atoms with van der Waals surface area (Å²) in [7, 11) is 0. The highest BCUT2D eigenvalue weighted by molar-refractivity contribution is 5.97. The molecule has 25 heavy (non-hydrogen) atoms. The Morgan fingerprint density at radius 1 is 1.20 bits per heavy atom. The Kier molecular flexibility index (Phi) is 5.01. The summed E-state index contributed by atoms with van der Waals surface area (Å²) in [6.45, 7) is -0.775. The normalized spacial score (nSPS) is 22.4. The van der Waals surface area contributed by atoms with Gasteiger partial charge in [-0.1, -0.05) is 31.4 Å². The summed E-state index contributed by atoms with van der Waals surface area (Å²) < 4.78 is 13.7. The fourth-order valence-corrected chi connectivity index (χ4v) is 3.81. The Labute approximate surface area is 145 Å². The molecule has 1 aromatic carbocycles. The molecule has 1 N–H and O–H groups in total. The van der Waals surface area contributed by atoms with Gasteiger partial charge in [-0.05, 0) is 30.5 Å². The number of aliphatic carboxylic acids is 1. The average molecular weight is 348 g/mol. The Morgan fingerprint density at radius 3 is 2.56 bits per heavy atom. The molecule has 0 bridgehead atoms. The first-order valence-corrected chi connectivity index (χ1v) is 8.54. The third kappa shape index (κ3) is 3.65. The summed E-state index contributed by atoms with van der Waals surface area (Å²) in [5.74, 6) is -2.40. The lowest BCUT2D eigenvalue weighted by Gasteiger charge is -2.45. The molecule has 1 saturated carbocycles. The van der Waals surface area contributed by atoms with Crippen LogP contribution in [0.5, 0.6) is 0 Å². The topological polar surface area (TPSA) is 77.9 Å². The zero-order valence-corrected chi connectivity index (χ0v) is 13.9. The molecule has 7 heteroatoms. The van der Waals surface area contributed by atoms with Gasteiger partial charge in [-0.2, -0.15) is 0 Å². The van der Waals surface area contributed by atoms with E-state index in [4.69, 9.17) is 5.11 Å². The van der Waals surface area contributed by atoms with Crippen molar-refractivity contribution in [3.63, 3.8) is 0 Å². The lowest BCUT2D eigenvalue weighted by molar-refractivity contribution is -0.162. The van der Waals surface area contributed by atoms with Gasteiger partial charge >= 0.3 is 5.97 Å². The van der Waals surface area contributed by atoms with E-state index >= 15 is 0 Å². The van der Waals surface area contributed by atoms with E-state index in [0.29, 0.717) is 5.56 Å². The molecule has 1 heterocycles. The molecule has 2 aliphatic rings. The molecule has 1 aromatic rings. The number of carbonyl (C=O) groups excluding carboxylic acids is 2. The van der Waals surface area contributed by atoms with Crippen LogP contribution < -0.4 is 0 Å². The van der Waals surface area contributed by atoms with E-state index in [0.717, 1.165) is 37.0 Å². The molecule has 0 aromatic heterocycles. The zero-order chi connectivity index (χ0) is 18.0. The molecule has 1 aliphatic heterocycles. The van der Waals surface area contributed by atoms with Crippen molar-refractivity contribution in [2.24, 2.45) is 0 Å². The van der Waals surface area contributed by atoms with Crippen molar-refractivity contribution >= 4 is 17.8 Å². The lowest BCUT2D eigenvalue weighted by atomic mass is 9.90. The third-order valence-electron chi connectivity index (χ3n) is 4.90. The van der Waals surface area contributed by atoms with Crippen LogP contribution in [0.2, 0.25) is 0 Å². The SMILES string of the molecule is O=C(O)CN1CC(=O)N(C2CCCCC2)C(c2cccc(F)c2)C1=O. The third-order valence-corrected chi connectivity index (χ3v) is 4.90. The highest BCUT2D eigenvalue weighted by Gasteiger charge is 2.44. The van der Waals surface area contributed by atoms with E-state index in [2.05, 4.69) is 0 Å². The number of piperazine rings is 1. The van der Waals surface area contributed by atoms with E-state index in [-0.39, 0.29) is 18.5 Å². The van der Waals surface area contributed by atoms with E-state index in [1.54, 1.807) is 11.0 Å². The van der Waals surface area contributed by atoms with Gasteiger partial charge in [0.2, 0.25) is 5.91 Å². The van der Waals surface area contributed by atoms with Gasteiger partial charge in [0.05, 0.1) is 0 Å². The summed E-state index contributed by atoms with van der Waals surface area (Å²) in [4.78, 5) is 39.3. The van der Waals surface area contributed by atoms with Gasteiger partial charge in [-0.15, -0.1) is 0 Å². The number of amides is 2. The minimum absolute atomic E-state index is 0.0644. The number of carboxylic acids is 1. The second-order valence-electron chi connectivity index (χ2n) is 6.64. The Balaban J connectivity index is 1.98. The molecule has 1 unspecified atom stereocenters. The van der Waals surface area contributed by atoms with E-state index in [1.165, 1.54) is 18.2 Å². The molecular weight excluding hydrogens is 327 g/mol. The smallest absolute Gasteiger partial charge is 0.323 e. The van der Waals surface area contributed by atoms with Crippen molar-refractivity contribution in [2.75, 3.05) is 13.1 Å². The van der Waals surface area contributed by atoms with E-state index in [9.17, 15) is 18.8 Å². The number of nitrogens with zero attached hydrogens (tertiary/aromatic N) is 2. The molecule has 0 radical (unpaired) electrons. The maximum Gasteiger partial charge on any atom is 0.323 e. The van der Waals surface area contributed by atoms with E-state index in [1.807, 2.05) is 0 Å². The summed E-state index contributed by atoms with van der Waals surface area (Å²) >= 11 is 0. The second-order valence-corrected chi connectivity index (χ2v) is 6.64. The first kappa shape index (κ1) is 17.4. The van der Waals surface area contributed by atoms with Gasteiger partial charge in [-0.3, -0.25) is 14.4 Å². The van der Waals surface area contributed by atoms with Gasteiger partial charge in [0.25, 0.3) is 5.91 Å². The quantitative estimate of drug-likeness (QED) is 0.902. The van der Waals surface area contributed by atoms with Crippen LogP contribution in [0, 0.1) is 5.82 Å². The van der Waals surface area contributed by atoms with Crippen molar-refractivity contribution in [1.82, 2.24) is 9.80 Å². The molecule has 2 fully saturated rings. The van der Waals surface area contributed by atoms with E-state index < -0.39 is 30.3 Å². The summed E-state index contributed by atoms with van der Waals surface area (Å²) in [5, 5.41) is 9.01. The van der Waals surface area contributed by atoms with Crippen LogP contribution in [0.25, 0.3) is 0 Å². The Hall–Kier alpha value is -2.44. The monoisotopic (exact) mass is 348 g/mol. The number of carboxylic acid groups (broad SMARTS) is 1. The molecule has 1 aliphatic carbocycles. The van der Waals surface area contributed by atoms with Crippen LogP contribution in [-0.4, -0.2) is 51.8 Å². The molecule has 0 spiro atoms. The van der Waals surface area contributed by atoms with Crippen LogP contribution in [0.4, 0.5) is 4.39 Å². The second kappa shape index (κ2) is 7.21. The maximum absolute atomic E-state index is 13.7. The number of halogens is 1. The van der Waals surface area contributed by atoms with Gasteiger partial charge in [0.1, 0.15) is 24.9 Å². The molecule has 6 nitrogen and oxygen atoms in total. The average Bonchev–Trinajstić information content (AvgIpc) is 2.58. The highest BCUT2D eigenvalue weighted by atomic mass is 19.1. The standard InChI is InChI=1S/C18H21FN2O4/c19-13-6-4-5-12(9-13)17-18(25)20(11-16(23)24)10-15(22)21(17)14-7-2-1-3-8-14/h4-6,9,14,17H,1-3,7-8,10-11H2,(H,23,24). The van der Waals surface area contributed by atoms with Crippen molar-refractivity contribution in [2.45, 2.75) is 44.2 Å². The molecule has 134 valence electrons. The molecule has 1 atom stereocenters. The summed E-state index contributed by atoms with van der Waals surface area (Å²) in [6.07, 6.45) is 4.68. The maximum atomic E-state index is 13.7. The lowest BCUT2D eigenvalue weighted by Crippen LogP contribution is -2.59. The Bertz CT molecular complexity index is 687. The van der Waals surface area contributed by atoms with Gasteiger partial charge in [-0.25, -0.2) is 4.39 Å². The number of hydrogen-bond donors (Lipinski definition) is 1. The molecule has 1 saturated heterocycles. The van der Waals surface area contributed by atoms with Crippen LogP contribution in [0.1, 0.15) is 43.7 Å². The van der Waals surface area contributed by atoms with Crippen LogP contribution in [0.15, 0.2) is 24.3 Å². The fourth-order valence-electron chi connectivity index (χ4n) is 3.81. The highest BCUT2D eigenvalue weighted by Crippen LogP contribution is 2.34. The van der Waals surface area contributed by atoms with Crippen LogP contribution >= 0.6 is 0 Å². The molecule has 3 rings (SSSR count). The Morgan fingerprint density at radius 2 is 1.92 bits per heavy atom. The summed E-state index contributed by atoms with van der Waals surface area (Å²) in [6, 6.07) is 4.61. The number of benzene rings is 1. The van der Waals surface area contributed by atoms with Gasteiger partial charge < -0.3 is 14.9 Å². The summed E-state index contributed by atoms with van der Waals surface area (Å²) in [5.41, 5.74) is 0.388. The molecule has 2 amide bonds. The number of carbonyl (C=O) groups is 3. The number of rotatable bonds is 4. The van der Waals surface area contributed by atoms with Gasteiger partial charge in [0, 0.05) is 6.04 Å². The number of hydrogen-bond acceptors (Lipinski definition) is 3. The van der Waals surface area contributed by atoms with Crippen molar-refractivity contribution in [3.05, 3.63) is 35.6 Å². The largest absolute Gasteiger partial charge is 0.480 e. The van der Waals surface area contributed by atoms with Crippen LogP contribution in [0.3, 0.4) is 0 Å². The minimum atomic E-state index is -1.18. The molecular formula is C18H21FN2O4. The van der Waals surface area contributed by atoms with Crippen molar-refractivity contribution in [3.8, 4) is 0 Å².